The van der Waals surface area contributed by atoms with Crippen molar-refractivity contribution >= 4 is 34.9 Å². The van der Waals surface area contributed by atoms with E-state index in [2.05, 4.69) is 15.6 Å². The first-order chi connectivity index (χ1) is 17.6. The van der Waals surface area contributed by atoms with Crippen molar-refractivity contribution < 1.29 is 19.1 Å². The number of nitrogens with one attached hydrogen (secondary N) is 2. The van der Waals surface area contributed by atoms with Crippen LogP contribution in [0, 0.1) is 0 Å². The Labute approximate surface area is 208 Å². The Hall–Kier alpha value is -4.85. The van der Waals surface area contributed by atoms with Crippen LogP contribution in [0.3, 0.4) is 0 Å². The van der Waals surface area contributed by atoms with Gasteiger partial charge in [0.25, 0.3) is 0 Å². The minimum atomic E-state index is -0.358. The van der Waals surface area contributed by atoms with Gasteiger partial charge in [-0.15, -0.1) is 0 Å². The zero-order valence-electron chi connectivity index (χ0n) is 19.6. The van der Waals surface area contributed by atoms with E-state index in [0.717, 1.165) is 28.2 Å². The van der Waals surface area contributed by atoms with Crippen LogP contribution in [-0.4, -0.2) is 37.2 Å². The third-order valence-corrected chi connectivity index (χ3v) is 5.74. The van der Waals surface area contributed by atoms with Crippen molar-refractivity contribution in [1.82, 2.24) is 4.98 Å². The third kappa shape index (κ3) is 4.97. The van der Waals surface area contributed by atoms with Crippen molar-refractivity contribution in [2.45, 2.75) is 0 Å². The van der Waals surface area contributed by atoms with E-state index in [1.807, 2.05) is 72.8 Å². The smallest absolute Gasteiger partial charge is 0.337 e. The zero-order valence-corrected chi connectivity index (χ0v) is 19.6. The second-order valence-corrected chi connectivity index (χ2v) is 8.11. The summed E-state index contributed by atoms with van der Waals surface area (Å²) in [5.74, 6) is 0.659. The maximum absolute atomic E-state index is 12.8. The van der Waals surface area contributed by atoms with Gasteiger partial charge in [0.1, 0.15) is 6.61 Å². The topological polar surface area (TPSA) is 92.8 Å². The standard InChI is InChI=1S/C28H24N4O4/c1-35-27(33)21-9-7-19(8-10-21)20-11-13-23(14-12-20)30-24-17-25-26(29-18-24)32(15-16-36-25)28(34)31-22-5-3-2-4-6-22/h2-14,17-18,30H,15-16H2,1H3,(H,31,34). The highest BCUT2D eigenvalue weighted by Gasteiger charge is 2.25. The number of carbonyl (C=O) groups excluding carboxylic acids is 2. The van der Waals surface area contributed by atoms with Crippen molar-refractivity contribution in [3.63, 3.8) is 0 Å². The summed E-state index contributed by atoms with van der Waals surface area (Å²) < 4.78 is 10.5. The molecule has 0 fully saturated rings. The molecule has 0 radical (unpaired) electrons. The molecule has 3 aromatic carbocycles. The highest BCUT2D eigenvalue weighted by molar-refractivity contribution is 6.02. The number of amides is 2. The Morgan fingerprint density at radius 3 is 2.28 bits per heavy atom. The van der Waals surface area contributed by atoms with Crippen LogP contribution >= 0.6 is 0 Å². The van der Waals surface area contributed by atoms with E-state index in [0.29, 0.717) is 30.3 Å². The number of benzene rings is 3. The highest BCUT2D eigenvalue weighted by atomic mass is 16.5. The summed E-state index contributed by atoms with van der Waals surface area (Å²) in [6.45, 7) is 0.789. The highest BCUT2D eigenvalue weighted by Crippen LogP contribution is 2.33. The molecule has 8 nitrogen and oxygen atoms in total. The second kappa shape index (κ2) is 10.2. The minimum Gasteiger partial charge on any atom is -0.488 e. The van der Waals surface area contributed by atoms with Gasteiger partial charge in [0.15, 0.2) is 11.6 Å². The summed E-state index contributed by atoms with van der Waals surface area (Å²) in [6.07, 6.45) is 1.68. The van der Waals surface area contributed by atoms with Gasteiger partial charge in [-0.1, -0.05) is 42.5 Å². The Morgan fingerprint density at radius 2 is 1.58 bits per heavy atom. The molecule has 1 aromatic heterocycles. The molecule has 1 aliphatic rings. The molecule has 1 aliphatic heterocycles. The van der Waals surface area contributed by atoms with Crippen LogP contribution in [0.2, 0.25) is 0 Å². The largest absolute Gasteiger partial charge is 0.488 e. The predicted molar refractivity (Wildman–Crippen MR) is 139 cm³/mol. The van der Waals surface area contributed by atoms with Gasteiger partial charge in [-0.25, -0.2) is 14.6 Å². The minimum absolute atomic E-state index is 0.255. The van der Waals surface area contributed by atoms with Crippen LogP contribution in [0.15, 0.2) is 91.1 Å². The number of hydrogen-bond acceptors (Lipinski definition) is 6. The van der Waals surface area contributed by atoms with Gasteiger partial charge in [0.2, 0.25) is 0 Å². The second-order valence-electron chi connectivity index (χ2n) is 8.11. The van der Waals surface area contributed by atoms with Crippen LogP contribution in [0.25, 0.3) is 11.1 Å². The molecule has 8 heteroatoms. The molecule has 0 atom stereocenters. The molecule has 0 bridgehead atoms. The first-order valence-electron chi connectivity index (χ1n) is 11.4. The number of aromatic nitrogens is 1. The number of anilines is 4. The van der Waals surface area contributed by atoms with Gasteiger partial charge in [0.05, 0.1) is 31.1 Å². The fourth-order valence-corrected chi connectivity index (χ4v) is 3.91. The number of rotatable bonds is 5. The number of methoxy groups -OCH3 is 1. The Morgan fingerprint density at radius 1 is 0.889 bits per heavy atom. The van der Waals surface area contributed by atoms with Crippen LogP contribution in [-0.2, 0) is 4.74 Å². The molecule has 0 aliphatic carbocycles. The molecule has 0 spiro atoms. The number of esters is 1. The number of fused-ring (bicyclic) bond motifs is 1. The maximum atomic E-state index is 12.8. The lowest BCUT2D eigenvalue weighted by Crippen LogP contribution is -2.41. The first-order valence-corrected chi connectivity index (χ1v) is 11.4. The van der Waals surface area contributed by atoms with Crippen molar-refractivity contribution in [2.75, 3.05) is 35.8 Å². The molecule has 5 rings (SSSR count). The number of ether oxygens (including phenoxy) is 2. The molecule has 180 valence electrons. The van der Waals surface area contributed by atoms with Crippen LogP contribution in [0.1, 0.15) is 10.4 Å². The van der Waals surface area contributed by atoms with E-state index < -0.39 is 0 Å². The quantitative estimate of drug-likeness (QED) is 0.356. The normalized spacial score (nSPS) is 12.2. The maximum Gasteiger partial charge on any atom is 0.337 e. The number of pyridine rings is 1. The van der Waals surface area contributed by atoms with Crippen LogP contribution in [0.5, 0.6) is 5.75 Å². The Balaban J connectivity index is 1.27. The summed E-state index contributed by atoms with van der Waals surface area (Å²) in [7, 11) is 1.37. The lowest BCUT2D eigenvalue weighted by atomic mass is 10.0. The molecule has 0 saturated heterocycles. The number of nitrogens with zero attached hydrogens (tertiary/aromatic N) is 2. The first kappa shape index (κ1) is 22.9. The van der Waals surface area contributed by atoms with Crippen molar-refractivity contribution in [1.29, 1.82) is 0 Å². The molecule has 2 N–H and O–H groups in total. The van der Waals surface area contributed by atoms with Gasteiger partial charge in [-0.3, -0.25) is 4.90 Å². The van der Waals surface area contributed by atoms with Crippen LogP contribution < -0.4 is 20.3 Å². The van der Waals surface area contributed by atoms with Gasteiger partial charge in [-0.2, -0.15) is 0 Å². The van der Waals surface area contributed by atoms with Crippen molar-refractivity contribution in [2.24, 2.45) is 0 Å². The molecule has 0 saturated carbocycles. The Kier molecular flexibility index (Phi) is 6.48. The van der Waals surface area contributed by atoms with Crippen molar-refractivity contribution in [3.8, 4) is 16.9 Å². The molecule has 0 unspecified atom stereocenters. The summed E-state index contributed by atoms with van der Waals surface area (Å²) in [6, 6.07) is 26.1. The third-order valence-electron chi connectivity index (χ3n) is 5.74. The average molecular weight is 481 g/mol. The summed E-state index contributed by atoms with van der Waals surface area (Å²) in [4.78, 5) is 30.5. The van der Waals surface area contributed by atoms with E-state index in [1.54, 1.807) is 23.2 Å². The molecular formula is C28H24N4O4. The average Bonchev–Trinajstić information content (AvgIpc) is 2.93. The van der Waals surface area contributed by atoms with Crippen molar-refractivity contribution in [3.05, 3.63) is 96.7 Å². The monoisotopic (exact) mass is 480 g/mol. The Bertz CT molecular complexity index is 1370. The van der Waals surface area contributed by atoms with E-state index >= 15 is 0 Å². The molecule has 4 aromatic rings. The predicted octanol–water partition coefficient (Wildman–Crippen LogP) is 5.71. The van der Waals surface area contributed by atoms with Crippen LogP contribution in [0.4, 0.5) is 27.7 Å². The molecule has 2 amide bonds. The fraction of sp³-hybridized carbons (Fsp3) is 0.107. The number of para-hydroxylation sites is 1. The molecule has 2 heterocycles. The molecule has 36 heavy (non-hydrogen) atoms. The van der Waals surface area contributed by atoms with E-state index in [4.69, 9.17) is 9.47 Å². The number of carbonyl (C=O) groups is 2. The van der Waals surface area contributed by atoms with Gasteiger partial charge < -0.3 is 20.1 Å². The number of urea groups is 1. The summed E-state index contributed by atoms with van der Waals surface area (Å²) in [5, 5.41) is 6.22. The van der Waals surface area contributed by atoms with Gasteiger partial charge in [-0.05, 0) is 47.5 Å². The lowest BCUT2D eigenvalue weighted by Gasteiger charge is -2.28. The summed E-state index contributed by atoms with van der Waals surface area (Å²) >= 11 is 0. The number of hydrogen-bond donors (Lipinski definition) is 2. The summed E-state index contributed by atoms with van der Waals surface area (Å²) in [5.41, 5.74) is 4.86. The van der Waals surface area contributed by atoms with E-state index in [9.17, 15) is 9.59 Å². The zero-order chi connectivity index (χ0) is 24.9. The van der Waals surface area contributed by atoms with E-state index in [1.165, 1.54) is 7.11 Å². The van der Waals surface area contributed by atoms with Gasteiger partial charge >= 0.3 is 12.0 Å². The lowest BCUT2D eigenvalue weighted by molar-refractivity contribution is 0.0600. The van der Waals surface area contributed by atoms with E-state index in [-0.39, 0.29) is 12.0 Å². The molecular weight excluding hydrogens is 456 g/mol. The SMILES string of the molecule is COC(=O)c1ccc(-c2ccc(Nc3cnc4c(c3)OCCN4C(=O)Nc3ccccc3)cc2)cc1. The van der Waals surface area contributed by atoms with Gasteiger partial charge in [0, 0.05) is 17.4 Å². The fourth-order valence-electron chi connectivity index (χ4n) is 3.91.